The molecule has 0 bridgehead atoms. The fourth-order valence-electron chi connectivity index (χ4n) is 1.09. The molecule has 0 saturated heterocycles. The average Bonchev–Trinajstić information content (AvgIpc) is 2.22. The minimum Gasteiger partial charge on any atom is -0.480 e. The molecule has 7 heteroatoms. The first-order valence-corrected chi connectivity index (χ1v) is 4.94. The van der Waals surface area contributed by atoms with Crippen molar-refractivity contribution in [2.24, 2.45) is 5.73 Å². The van der Waals surface area contributed by atoms with Crippen LogP contribution in [0.4, 0.5) is 13.2 Å². The van der Waals surface area contributed by atoms with Crippen molar-refractivity contribution in [1.82, 2.24) is 0 Å². The SMILES string of the molecule is NC(Cc1cc(F)c(Br)c(F)c1F)C(=O)O. The highest BCUT2D eigenvalue weighted by molar-refractivity contribution is 9.10. The second-order valence-corrected chi connectivity index (χ2v) is 3.90. The fourth-order valence-corrected chi connectivity index (χ4v) is 1.38. The standard InChI is InChI=1S/C9H7BrF3NO2/c10-6-4(11)1-3(7(12)8(6)13)2-5(14)9(15)16/h1,5H,2,14H2,(H,15,16). The van der Waals surface area contributed by atoms with Crippen LogP contribution >= 0.6 is 15.9 Å². The number of carbonyl (C=O) groups is 1. The second-order valence-electron chi connectivity index (χ2n) is 3.11. The van der Waals surface area contributed by atoms with Gasteiger partial charge in [0, 0.05) is 6.42 Å². The van der Waals surface area contributed by atoms with Crippen molar-refractivity contribution < 1.29 is 23.1 Å². The van der Waals surface area contributed by atoms with Gasteiger partial charge in [-0.25, -0.2) is 13.2 Å². The fraction of sp³-hybridized carbons (Fsp3) is 0.222. The van der Waals surface area contributed by atoms with Gasteiger partial charge in [0.1, 0.15) is 11.9 Å². The molecule has 3 nitrogen and oxygen atoms in total. The maximum atomic E-state index is 13.2. The smallest absolute Gasteiger partial charge is 0.320 e. The first-order chi connectivity index (χ1) is 7.34. The highest BCUT2D eigenvalue weighted by atomic mass is 79.9. The lowest BCUT2D eigenvalue weighted by Crippen LogP contribution is -2.32. The zero-order valence-electron chi connectivity index (χ0n) is 7.81. The molecule has 0 saturated carbocycles. The van der Waals surface area contributed by atoms with Gasteiger partial charge >= 0.3 is 5.97 Å². The van der Waals surface area contributed by atoms with E-state index >= 15 is 0 Å². The number of rotatable bonds is 3. The van der Waals surface area contributed by atoms with Gasteiger partial charge in [-0.3, -0.25) is 4.79 Å². The number of carboxylic acids is 1. The summed E-state index contributed by atoms with van der Waals surface area (Å²) in [5.41, 5.74) is 4.72. The molecule has 3 N–H and O–H groups in total. The van der Waals surface area contributed by atoms with Crippen molar-refractivity contribution in [1.29, 1.82) is 0 Å². The summed E-state index contributed by atoms with van der Waals surface area (Å²) in [6.45, 7) is 0. The van der Waals surface area contributed by atoms with Crippen LogP contribution < -0.4 is 5.73 Å². The van der Waals surface area contributed by atoms with Gasteiger partial charge in [-0.05, 0) is 27.6 Å². The third kappa shape index (κ3) is 2.53. The van der Waals surface area contributed by atoms with Crippen molar-refractivity contribution in [2.45, 2.75) is 12.5 Å². The zero-order valence-corrected chi connectivity index (χ0v) is 9.39. The molecule has 0 aliphatic carbocycles. The van der Waals surface area contributed by atoms with Crippen molar-refractivity contribution in [3.63, 3.8) is 0 Å². The Morgan fingerprint density at radius 2 is 2.00 bits per heavy atom. The minimum atomic E-state index is -1.41. The lowest BCUT2D eigenvalue weighted by atomic mass is 10.1. The third-order valence-electron chi connectivity index (χ3n) is 1.93. The van der Waals surface area contributed by atoms with E-state index in [0.717, 1.165) is 0 Å². The van der Waals surface area contributed by atoms with Crippen molar-refractivity contribution in [2.75, 3.05) is 0 Å². The summed E-state index contributed by atoms with van der Waals surface area (Å²) in [6, 6.07) is -0.694. The molecule has 1 aromatic rings. The number of hydrogen-bond donors (Lipinski definition) is 2. The number of hydrogen-bond acceptors (Lipinski definition) is 2. The van der Waals surface area contributed by atoms with Gasteiger partial charge in [0.2, 0.25) is 0 Å². The van der Waals surface area contributed by atoms with Crippen LogP contribution in [0.15, 0.2) is 10.5 Å². The lowest BCUT2D eigenvalue weighted by molar-refractivity contribution is -0.138. The molecule has 88 valence electrons. The second kappa shape index (κ2) is 4.84. The number of halogens is 4. The molecule has 1 rings (SSSR count). The van der Waals surface area contributed by atoms with E-state index in [0.29, 0.717) is 6.07 Å². The summed E-state index contributed by atoms with van der Waals surface area (Å²) in [5, 5.41) is 8.48. The van der Waals surface area contributed by atoms with Gasteiger partial charge < -0.3 is 10.8 Å². The number of aliphatic carboxylic acids is 1. The van der Waals surface area contributed by atoms with Crippen LogP contribution in [-0.2, 0) is 11.2 Å². The summed E-state index contributed by atoms with van der Waals surface area (Å²) in [7, 11) is 0. The van der Waals surface area contributed by atoms with Crippen molar-refractivity contribution >= 4 is 21.9 Å². The van der Waals surface area contributed by atoms with Gasteiger partial charge in [0.05, 0.1) is 4.47 Å². The largest absolute Gasteiger partial charge is 0.480 e. The van der Waals surface area contributed by atoms with E-state index in [2.05, 4.69) is 15.9 Å². The minimum absolute atomic E-state index is 0.409. The number of carboxylic acid groups (broad SMARTS) is 1. The maximum Gasteiger partial charge on any atom is 0.320 e. The van der Waals surface area contributed by atoms with Crippen molar-refractivity contribution in [3.8, 4) is 0 Å². The van der Waals surface area contributed by atoms with Crippen LogP contribution in [0.5, 0.6) is 0 Å². The monoisotopic (exact) mass is 297 g/mol. The van der Waals surface area contributed by atoms with E-state index in [1.54, 1.807) is 0 Å². The molecule has 1 unspecified atom stereocenters. The van der Waals surface area contributed by atoms with E-state index in [-0.39, 0.29) is 0 Å². The third-order valence-corrected chi connectivity index (χ3v) is 2.66. The Bertz CT molecular complexity index is 439. The molecular weight excluding hydrogens is 291 g/mol. The molecule has 0 aliphatic rings. The van der Waals surface area contributed by atoms with E-state index in [9.17, 15) is 18.0 Å². The number of nitrogens with two attached hydrogens (primary N) is 1. The van der Waals surface area contributed by atoms with Crippen molar-refractivity contribution in [3.05, 3.63) is 33.6 Å². The van der Waals surface area contributed by atoms with Gasteiger partial charge in [-0.2, -0.15) is 0 Å². The Morgan fingerprint density at radius 3 is 2.50 bits per heavy atom. The molecule has 1 aromatic carbocycles. The first-order valence-electron chi connectivity index (χ1n) is 4.14. The molecule has 0 amide bonds. The van der Waals surface area contributed by atoms with E-state index < -0.39 is 45.9 Å². The van der Waals surface area contributed by atoms with E-state index in [1.165, 1.54) is 0 Å². The predicted octanol–water partition coefficient (Wildman–Crippen LogP) is 1.82. The Kier molecular flexibility index (Phi) is 3.93. The lowest BCUT2D eigenvalue weighted by Gasteiger charge is -2.09. The maximum absolute atomic E-state index is 13.2. The summed E-state index contributed by atoms with van der Waals surface area (Å²) < 4.78 is 38.7. The molecule has 0 heterocycles. The Morgan fingerprint density at radius 1 is 1.44 bits per heavy atom. The van der Waals surface area contributed by atoms with Crippen LogP contribution in [0.3, 0.4) is 0 Å². The molecule has 0 aliphatic heterocycles. The summed E-state index contributed by atoms with van der Waals surface area (Å²) in [6.07, 6.45) is -0.484. The molecule has 0 aromatic heterocycles. The summed E-state index contributed by atoms with van der Waals surface area (Å²) in [5.74, 6) is -5.08. The summed E-state index contributed by atoms with van der Waals surface area (Å²) in [4.78, 5) is 10.4. The first kappa shape index (κ1) is 13.0. The van der Waals surface area contributed by atoms with Gasteiger partial charge in [0.15, 0.2) is 11.6 Å². The Labute approximate surface area is 97.2 Å². The van der Waals surface area contributed by atoms with E-state index in [1.807, 2.05) is 0 Å². The Balaban J connectivity index is 3.11. The molecule has 16 heavy (non-hydrogen) atoms. The molecule has 0 radical (unpaired) electrons. The normalized spacial score (nSPS) is 12.6. The Hall–Kier alpha value is -1.08. The average molecular weight is 298 g/mol. The van der Waals surface area contributed by atoms with Crippen LogP contribution in [0.2, 0.25) is 0 Å². The van der Waals surface area contributed by atoms with Crippen LogP contribution in [-0.4, -0.2) is 17.1 Å². The quantitative estimate of drug-likeness (QED) is 0.661. The number of benzene rings is 1. The highest BCUT2D eigenvalue weighted by Crippen LogP contribution is 2.25. The van der Waals surface area contributed by atoms with Crippen LogP contribution in [0, 0.1) is 17.5 Å². The summed E-state index contributed by atoms with van der Waals surface area (Å²) >= 11 is 2.52. The molecule has 1 atom stereocenters. The van der Waals surface area contributed by atoms with Crippen LogP contribution in [0.25, 0.3) is 0 Å². The van der Waals surface area contributed by atoms with Gasteiger partial charge in [-0.15, -0.1) is 0 Å². The van der Waals surface area contributed by atoms with Gasteiger partial charge in [-0.1, -0.05) is 0 Å². The predicted molar refractivity (Wildman–Crippen MR) is 53.3 cm³/mol. The molecular formula is C9H7BrF3NO2. The topological polar surface area (TPSA) is 63.3 Å². The van der Waals surface area contributed by atoms with Gasteiger partial charge in [0.25, 0.3) is 0 Å². The van der Waals surface area contributed by atoms with Crippen LogP contribution in [0.1, 0.15) is 5.56 Å². The molecule has 0 fully saturated rings. The molecule has 0 spiro atoms. The van der Waals surface area contributed by atoms with E-state index in [4.69, 9.17) is 10.8 Å². The zero-order chi connectivity index (χ0) is 12.5. The highest BCUT2D eigenvalue weighted by Gasteiger charge is 2.20.